The van der Waals surface area contributed by atoms with Crippen LogP contribution in [0, 0.1) is 12.3 Å². The molecule has 3 aromatic rings. The highest BCUT2D eigenvalue weighted by Gasteiger charge is 2.50. The van der Waals surface area contributed by atoms with Gasteiger partial charge in [0.05, 0.1) is 21.7 Å². The Morgan fingerprint density at radius 1 is 1.06 bits per heavy atom. The van der Waals surface area contributed by atoms with Gasteiger partial charge in [0.15, 0.2) is 5.78 Å². The van der Waals surface area contributed by atoms with Crippen molar-refractivity contribution in [1.82, 2.24) is 15.3 Å². The Kier molecular flexibility index (Phi) is 7.26. The number of hydrogen-bond acceptors (Lipinski definition) is 5. The molecule has 0 atom stereocenters. The number of benzene rings is 2. The molecule has 166 valence electrons. The lowest BCUT2D eigenvalue weighted by Crippen LogP contribution is -2.33. The predicted molar refractivity (Wildman–Crippen MR) is 127 cm³/mol. The molecule has 4 rings (SSSR count). The summed E-state index contributed by atoms with van der Waals surface area (Å²) in [6.07, 6.45) is 5.99. The number of amides is 1. The first kappa shape index (κ1) is 23.4. The highest BCUT2D eigenvalue weighted by Crippen LogP contribution is 2.49. The van der Waals surface area contributed by atoms with Gasteiger partial charge < -0.3 is 10.6 Å². The van der Waals surface area contributed by atoms with Crippen molar-refractivity contribution in [1.29, 1.82) is 0 Å². The van der Waals surface area contributed by atoms with E-state index in [1.165, 1.54) is 18.7 Å². The van der Waals surface area contributed by atoms with Crippen LogP contribution in [0.4, 0.5) is 11.4 Å². The number of anilines is 2. The van der Waals surface area contributed by atoms with Crippen molar-refractivity contribution in [3.63, 3.8) is 0 Å². The minimum Gasteiger partial charge on any atom is -0.354 e. The third kappa shape index (κ3) is 5.32. The normalized spacial score (nSPS) is 13.6. The van der Waals surface area contributed by atoms with Crippen molar-refractivity contribution < 1.29 is 9.59 Å². The van der Waals surface area contributed by atoms with E-state index < -0.39 is 5.41 Å². The molecule has 1 aliphatic rings. The number of carbonyl (C=O) groups is 2. The monoisotopic (exact) mass is 450 g/mol. The molecule has 0 aliphatic heterocycles. The lowest BCUT2D eigenvalue weighted by molar-refractivity contribution is -0.126. The average Bonchev–Trinajstić information content (AvgIpc) is 3.57. The summed E-state index contributed by atoms with van der Waals surface area (Å²) in [5.41, 5.74) is 3.60. The predicted octanol–water partition coefficient (Wildman–Crippen LogP) is 5.49. The molecule has 1 amide bonds. The van der Waals surface area contributed by atoms with E-state index in [2.05, 4.69) is 20.6 Å². The first-order chi connectivity index (χ1) is 15.0. The molecule has 0 radical (unpaired) electrons. The fraction of sp³-hybridized carbons (Fsp3) is 0.280. The van der Waals surface area contributed by atoms with E-state index in [4.69, 9.17) is 11.6 Å². The van der Waals surface area contributed by atoms with Crippen LogP contribution in [0.2, 0.25) is 5.02 Å². The van der Waals surface area contributed by atoms with E-state index in [0.717, 1.165) is 35.3 Å². The van der Waals surface area contributed by atoms with Gasteiger partial charge in [-0.2, -0.15) is 0 Å². The number of aromatic nitrogens is 2. The summed E-state index contributed by atoms with van der Waals surface area (Å²) in [4.78, 5) is 32.9. The third-order valence-corrected chi connectivity index (χ3v) is 6.10. The zero-order valence-electron chi connectivity index (χ0n) is 17.2. The molecule has 6 nitrogen and oxygen atoms in total. The van der Waals surface area contributed by atoms with E-state index >= 15 is 0 Å². The highest BCUT2D eigenvalue weighted by molar-refractivity contribution is 6.34. The number of Topliss-reactive ketones (excluding diaryl/α,β-unsaturated/α-hetero) is 1. The van der Waals surface area contributed by atoms with Crippen LogP contribution in [0.1, 0.15) is 48.2 Å². The van der Waals surface area contributed by atoms with Crippen molar-refractivity contribution in [2.24, 2.45) is 5.41 Å². The Bertz CT molecular complexity index is 1100. The Morgan fingerprint density at radius 3 is 2.41 bits per heavy atom. The number of carbonyl (C=O) groups excluding carboxylic acids is 2. The van der Waals surface area contributed by atoms with Gasteiger partial charge in [-0.25, -0.2) is 9.97 Å². The smallest absolute Gasteiger partial charge is 0.226 e. The summed E-state index contributed by atoms with van der Waals surface area (Å²) < 4.78 is 0. The maximum absolute atomic E-state index is 12.7. The number of ketones is 1. The van der Waals surface area contributed by atoms with Crippen LogP contribution in [0.15, 0.2) is 61.2 Å². The molecular weight excluding hydrogens is 424 g/mol. The quantitative estimate of drug-likeness (QED) is 0.443. The summed E-state index contributed by atoms with van der Waals surface area (Å²) >= 11 is 6.34. The van der Waals surface area contributed by atoms with Gasteiger partial charge in [0, 0.05) is 31.0 Å². The first-order valence-electron chi connectivity index (χ1n) is 10.1. The zero-order valence-corrected chi connectivity index (χ0v) is 17.9. The average molecular weight is 451 g/mol. The first-order valence-corrected chi connectivity index (χ1v) is 10.5. The fourth-order valence-electron chi connectivity index (χ4n) is 3.46. The molecule has 1 heterocycles. The lowest BCUT2D eigenvalue weighted by atomic mass is 9.95. The lowest BCUT2D eigenvalue weighted by Gasteiger charge is -2.15. The summed E-state index contributed by atoms with van der Waals surface area (Å²) in [6.45, 7) is 2.38. The van der Waals surface area contributed by atoms with Crippen LogP contribution in [-0.2, 0) is 11.3 Å². The van der Waals surface area contributed by atoms with Crippen LogP contribution in [0.5, 0.6) is 0 Å². The maximum Gasteiger partial charge on any atom is 0.226 e. The molecule has 1 aliphatic carbocycles. The number of rotatable bonds is 8. The highest BCUT2D eigenvalue weighted by atomic mass is 35.5. The van der Waals surface area contributed by atoms with Gasteiger partial charge in [0.25, 0.3) is 0 Å². The van der Waals surface area contributed by atoms with Gasteiger partial charge in [0.2, 0.25) is 5.91 Å². The number of nitrogens with one attached hydrogen (secondary N) is 2. The molecular formula is C25H27ClN4O2. The molecule has 1 fully saturated rings. The Morgan fingerprint density at radius 2 is 1.75 bits per heavy atom. The minimum absolute atomic E-state index is 0. The zero-order chi connectivity index (χ0) is 21.8. The molecule has 1 saturated carbocycles. The fourth-order valence-corrected chi connectivity index (χ4v) is 3.64. The largest absolute Gasteiger partial charge is 0.354 e. The number of aryl methyl sites for hydroxylation is 1. The molecule has 32 heavy (non-hydrogen) atoms. The van der Waals surface area contributed by atoms with Gasteiger partial charge in [-0.15, -0.1) is 0 Å². The second-order valence-corrected chi connectivity index (χ2v) is 8.33. The standard InChI is InChI=1S/C24H23ClN4O2.CH4/c1-16-3-2-4-20(22(16)25)29-19-7-5-17(6-8-19)12-28-23(31)24(9-10-24)11-21(30)18-13-26-15-27-14-18;/h2-8,13-15,29H,9-12H2,1H3,(H,28,31);1H4. The molecule has 2 aromatic carbocycles. The van der Waals surface area contributed by atoms with Crippen molar-refractivity contribution >= 4 is 34.7 Å². The van der Waals surface area contributed by atoms with Gasteiger partial charge >= 0.3 is 0 Å². The van der Waals surface area contributed by atoms with Crippen LogP contribution in [-0.4, -0.2) is 21.7 Å². The van der Waals surface area contributed by atoms with Crippen LogP contribution in [0.3, 0.4) is 0 Å². The van der Waals surface area contributed by atoms with Gasteiger partial charge in [0.1, 0.15) is 6.33 Å². The molecule has 7 heteroatoms. The number of nitrogens with zero attached hydrogens (tertiary/aromatic N) is 2. The molecule has 0 saturated heterocycles. The molecule has 0 bridgehead atoms. The summed E-state index contributed by atoms with van der Waals surface area (Å²) in [5.74, 6) is -0.176. The second kappa shape index (κ2) is 9.92. The maximum atomic E-state index is 12.7. The van der Waals surface area contributed by atoms with Crippen LogP contribution in [0.25, 0.3) is 0 Å². The number of halogens is 1. The van der Waals surface area contributed by atoms with Crippen molar-refractivity contribution in [3.8, 4) is 0 Å². The van der Waals surface area contributed by atoms with Gasteiger partial charge in [-0.05, 0) is 49.1 Å². The van der Waals surface area contributed by atoms with Crippen LogP contribution >= 0.6 is 11.6 Å². The minimum atomic E-state index is -0.601. The van der Waals surface area contributed by atoms with E-state index in [0.29, 0.717) is 17.1 Å². The van der Waals surface area contributed by atoms with E-state index in [1.54, 1.807) is 0 Å². The van der Waals surface area contributed by atoms with Crippen molar-refractivity contribution in [2.75, 3.05) is 5.32 Å². The van der Waals surface area contributed by atoms with E-state index in [9.17, 15) is 9.59 Å². The molecule has 2 N–H and O–H groups in total. The number of hydrogen-bond donors (Lipinski definition) is 2. The Hall–Kier alpha value is -3.25. The summed E-state index contributed by atoms with van der Waals surface area (Å²) in [6, 6.07) is 13.7. The second-order valence-electron chi connectivity index (χ2n) is 7.95. The van der Waals surface area contributed by atoms with E-state index in [-0.39, 0.29) is 25.5 Å². The summed E-state index contributed by atoms with van der Waals surface area (Å²) in [7, 11) is 0. The Labute approximate surface area is 193 Å². The topological polar surface area (TPSA) is 84.0 Å². The SMILES string of the molecule is C.Cc1cccc(Nc2ccc(CNC(=O)C3(CC(=O)c4cncnc4)CC3)cc2)c1Cl. The Balaban J connectivity index is 0.00000289. The molecule has 1 aromatic heterocycles. The van der Waals surface area contributed by atoms with Crippen molar-refractivity contribution in [2.45, 2.75) is 40.2 Å². The van der Waals surface area contributed by atoms with Crippen molar-refractivity contribution in [3.05, 3.63) is 82.9 Å². The van der Waals surface area contributed by atoms with Crippen LogP contribution < -0.4 is 10.6 Å². The molecule has 0 unspecified atom stereocenters. The summed E-state index contributed by atoms with van der Waals surface area (Å²) in [5, 5.41) is 6.99. The van der Waals surface area contributed by atoms with Gasteiger partial charge in [-0.3, -0.25) is 9.59 Å². The molecule has 0 spiro atoms. The third-order valence-electron chi connectivity index (χ3n) is 5.59. The van der Waals surface area contributed by atoms with E-state index in [1.807, 2.05) is 49.4 Å². The van der Waals surface area contributed by atoms with Gasteiger partial charge in [-0.1, -0.05) is 43.3 Å².